The largest absolute Gasteiger partial charge is 0.396 e. The molecule has 2 rings (SSSR count). The zero-order chi connectivity index (χ0) is 15.3. The number of nitrogens with one attached hydrogen (secondary N) is 1. The molecule has 8 heteroatoms. The number of aryl methyl sites for hydroxylation is 1. The van der Waals surface area contributed by atoms with E-state index in [0.717, 1.165) is 12.8 Å². The van der Waals surface area contributed by atoms with Crippen molar-refractivity contribution in [2.24, 2.45) is 5.92 Å². The fourth-order valence-corrected chi connectivity index (χ4v) is 3.56. The summed E-state index contributed by atoms with van der Waals surface area (Å²) < 4.78 is 34.2. The quantitative estimate of drug-likeness (QED) is 0.722. The molecule has 0 aliphatic carbocycles. The monoisotopic (exact) mass is 317 g/mol. The lowest BCUT2D eigenvalue weighted by Crippen LogP contribution is -2.32. The molecule has 2 N–H and O–H groups in total. The fourth-order valence-electron chi connectivity index (χ4n) is 2.52. The van der Waals surface area contributed by atoms with Crippen molar-refractivity contribution in [2.75, 3.05) is 19.8 Å². The number of ether oxygens (including phenoxy) is 1. The lowest BCUT2D eigenvalue weighted by molar-refractivity contribution is 0.0884. The SMILES string of the molecule is CCC1OCCC1CNS(=O)(=O)c1cnn(CCCO)c1. The Bertz CT molecular complexity index is 543. The first-order valence-electron chi connectivity index (χ1n) is 7.31. The molecule has 0 saturated carbocycles. The van der Waals surface area contributed by atoms with Gasteiger partial charge in [0.25, 0.3) is 0 Å². The van der Waals surface area contributed by atoms with Crippen molar-refractivity contribution in [1.29, 1.82) is 0 Å². The lowest BCUT2D eigenvalue weighted by atomic mass is 10.0. The molecule has 2 heterocycles. The van der Waals surface area contributed by atoms with Gasteiger partial charge in [0.15, 0.2) is 0 Å². The van der Waals surface area contributed by atoms with Gasteiger partial charge in [0.2, 0.25) is 10.0 Å². The van der Waals surface area contributed by atoms with Gasteiger partial charge < -0.3 is 9.84 Å². The predicted molar refractivity (Wildman–Crippen MR) is 77.3 cm³/mol. The fraction of sp³-hybridized carbons (Fsp3) is 0.769. The number of sulfonamides is 1. The Morgan fingerprint density at radius 2 is 2.38 bits per heavy atom. The average Bonchev–Trinajstić information content (AvgIpc) is 3.12. The number of hydrogen-bond donors (Lipinski definition) is 2. The summed E-state index contributed by atoms with van der Waals surface area (Å²) in [6.07, 6.45) is 5.29. The van der Waals surface area contributed by atoms with Gasteiger partial charge in [-0.3, -0.25) is 4.68 Å². The molecule has 0 radical (unpaired) electrons. The molecule has 2 unspecified atom stereocenters. The summed E-state index contributed by atoms with van der Waals surface area (Å²) in [5.41, 5.74) is 0. The summed E-state index contributed by atoms with van der Waals surface area (Å²) in [6, 6.07) is 0. The van der Waals surface area contributed by atoms with Gasteiger partial charge >= 0.3 is 0 Å². The van der Waals surface area contributed by atoms with Crippen molar-refractivity contribution < 1.29 is 18.3 Å². The second-order valence-corrected chi connectivity index (χ2v) is 7.00. The summed E-state index contributed by atoms with van der Waals surface area (Å²) >= 11 is 0. The first kappa shape index (κ1) is 16.4. The van der Waals surface area contributed by atoms with E-state index < -0.39 is 10.0 Å². The van der Waals surface area contributed by atoms with Crippen LogP contribution >= 0.6 is 0 Å². The Morgan fingerprint density at radius 1 is 1.57 bits per heavy atom. The minimum absolute atomic E-state index is 0.0558. The van der Waals surface area contributed by atoms with Crippen LogP contribution in [0.3, 0.4) is 0 Å². The molecule has 1 aliphatic heterocycles. The maximum absolute atomic E-state index is 12.2. The Kier molecular flexibility index (Phi) is 5.74. The molecule has 0 aromatic carbocycles. The van der Waals surface area contributed by atoms with Crippen molar-refractivity contribution in [3.63, 3.8) is 0 Å². The molecule has 21 heavy (non-hydrogen) atoms. The zero-order valence-corrected chi connectivity index (χ0v) is 13.1. The van der Waals surface area contributed by atoms with Crippen LogP contribution < -0.4 is 4.72 Å². The smallest absolute Gasteiger partial charge is 0.243 e. The maximum Gasteiger partial charge on any atom is 0.243 e. The average molecular weight is 317 g/mol. The maximum atomic E-state index is 12.2. The Hall–Kier alpha value is -0.960. The number of nitrogens with zero attached hydrogens (tertiary/aromatic N) is 2. The molecule has 7 nitrogen and oxygen atoms in total. The van der Waals surface area contributed by atoms with Crippen LogP contribution in [0.15, 0.2) is 17.3 Å². The summed E-state index contributed by atoms with van der Waals surface area (Å²) in [7, 11) is -3.53. The number of aromatic nitrogens is 2. The van der Waals surface area contributed by atoms with Crippen LogP contribution in [0.5, 0.6) is 0 Å². The van der Waals surface area contributed by atoms with Gasteiger partial charge in [-0.15, -0.1) is 0 Å². The molecule has 0 spiro atoms. The van der Waals surface area contributed by atoms with Gasteiger partial charge in [0, 0.05) is 38.4 Å². The number of aliphatic hydroxyl groups is 1. The molecular weight excluding hydrogens is 294 g/mol. The van der Waals surface area contributed by atoms with Crippen LogP contribution in [0, 0.1) is 5.92 Å². The van der Waals surface area contributed by atoms with Crippen molar-refractivity contribution in [3.8, 4) is 0 Å². The third-order valence-electron chi connectivity index (χ3n) is 3.75. The highest BCUT2D eigenvalue weighted by Crippen LogP contribution is 2.23. The topological polar surface area (TPSA) is 93.5 Å². The third-order valence-corrected chi connectivity index (χ3v) is 5.13. The van der Waals surface area contributed by atoms with Crippen LogP contribution in [-0.4, -0.2) is 49.2 Å². The van der Waals surface area contributed by atoms with Gasteiger partial charge in [-0.2, -0.15) is 5.10 Å². The minimum atomic E-state index is -3.53. The highest BCUT2D eigenvalue weighted by molar-refractivity contribution is 7.89. The van der Waals surface area contributed by atoms with Gasteiger partial charge in [-0.25, -0.2) is 13.1 Å². The first-order chi connectivity index (χ1) is 10.1. The van der Waals surface area contributed by atoms with E-state index in [0.29, 0.717) is 26.1 Å². The van der Waals surface area contributed by atoms with E-state index in [1.807, 2.05) is 6.92 Å². The van der Waals surface area contributed by atoms with Crippen molar-refractivity contribution >= 4 is 10.0 Å². The van der Waals surface area contributed by atoms with Crippen LogP contribution in [0.4, 0.5) is 0 Å². The van der Waals surface area contributed by atoms with Crippen LogP contribution in [0.1, 0.15) is 26.2 Å². The molecule has 1 fully saturated rings. The second-order valence-electron chi connectivity index (χ2n) is 5.23. The molecule has 0 amide bonds. The molecule has 1 aromatic heterocycles. The number of rotatable bonds is 8. The minimum Gasteiger partial charge on any atom is -0.396 e. The number of hydrogen-bond acceptors (Lipinski definition) is 5. The van der Waals surface area contributed by atoms with E-state index in [-0.39, 0.29) is 23.5 Å². The van der Waals surface area contributed by atoms with Crippen molar-refractivity contribution in [2.45, 2.75) is 43.7 Å². The van der Waals surface area contributed by atoms with Crippen molar-refractivity contribution in [3.05, 3.63) is 12.4 Å². The molecule has 1 saturated heterocycles. The van der Waals surface area contributed by atoms with Gasteiger partial charge in [-0.05, 0) is 19.3 Å². The Labute approximate surface area is 125 Å². The Morgan fingerprint density at radius 3 is 3.10 bits per heavy atom. The normalized spacial score (nSPS) is 22.8. The van der Waals surface area contributed by atoms with E-state index in [2.05, 4.69) is 9.82 Å². The van der Waals surface area contributed by atoms with Crippen molar-refractivity contribution in [1.82, 2.24) is 14.5 Å². The van der Waals surface area contributed by atoms with Gasteiger partial charge in [0.1, 0.15) is 4.90 Å². The molecule has 120 valence electrons. The van der Waals surface area contributed by atoms with E-state index in [1.165, 1.54) is 17.1 Å². The second kappa shape index (κ2) is 7.35. The predicted octanol–water partition coefficient (Wildman–Crippen LogP) is 0.359. The van der Waals surface area contributed by atoms with E-state index in [1.54, 1.807) is 0 Å². The molecule has 1 aliphatic rings. The van der Waals surface area contributed by atoms with E-state index >= 15 is 0 Å². The summed E-state index contributed by atoms with van der Waals surface area (Å²) in [4.78, 5) is 0.160. The van der Waals surface area contributed by atoms with Gasteiger partial charge in [-0.1, -0.05) is 6.92 Å². The zero-order valence-electron chi connectivity index (χ0n) is 12.2. The van der Waals surface area contributed by atoms with Gasteiger partial charge in [0.05, 0.1) is 12.3 Å². The first-order valence-corrected chi connectivity index (χ1v) is 8.79. The summed E-state index contributed by atoms with van der Waals surface area (Å²) in [5.74, 6) is 0.231. The van der Waals surface area contributed by atoms with Crippen LogP contribution in [0.2, 0.25) is 0 Å². The highest BCUT2D eigenvalue weighted by Gasteiger charge is 2.28. The third kappa shape index (κ3) is 4.26. The van der Waals surface area contributed by atoms with Crippen LogP contribution in [0.25, 0.3) is 0 Å². The lowest BCUT2D eigenvalue weighted by Gasteiger charge is -2.16. The molecular formula is C13H23N3O4S. The Balaban J connectivity index is 1.93. The molecule has 1 aromatic rings. The number of aliphatic hydroxyl groups excluding tert-OH is 1. The summed E-state index contributed by atoms with van der Waals surface area (Å²) in [5, 5.41) is 12.8. The molecule has 2 atom stereocenters. The summed E-state index contributed by atoms with van der Waals surface area (Å²) in [6.45, 7) is 3.69. The van der Waals surface area contributed by atoms with E-state index in [9.17, 15) is 8.42 Å². The molecule has 0 bridgehead atoms. The highest BCUT2D eigenvalue weighted by atomic mass is 32.2. The van der Waals surface area contributed by atoms with Crippen LogP contribution in [-0.2, 0) is 21.3 Å². The standard InChI is InChI=1S/C13H23N3O4S/c1-2-13-11(4-7-20-13)8-15-21(18,19)12-9-14-16(10-12)5-3-6-17/h9-11,13,15,17H,2-8H2,1H3. The van der Waals surface area contributed by atoms with E-state index in [4.69, 9.17) is 9.84 Å².